The zero-order valence-corrected chi connectivity index (χ0v) is 20.7. The summed E-state index contributed by atoms with van der Waals surface area (Å²) < 4.78 is 10.3. The van der Waals surface area contributed by atoms with E-state index in [1.54, 1.807) is 7.11 Å². The number of nitrogens with zero attached hydrogens (tertiary/aromatic N) is 4. The van der Waals surface area contributed by atoms with Crippen LogP contribution in [0.2, 0.25) is 0 Å². The maximum absolute atomic E-state index is 8.81. The van der Waals surface area contributed by atoms with Crippen molar-refractivity contribution in [3.8, 4) is 0 Å². The van der Waals surface area contributed by atoms with Crippen LogP contribution >= 0.6 is 0 Å². The van der Waals surface area contributed by atoms with Gasteiger partial charge in [0.1, 0.15) is 0 Å². The zero-order chi connectivity index (χ0) is 22.9. The Bertz CT molecular complexity index is 287. The Kier molecular flexibility index (Phi) is 31.8. The van der Waals surface area contributed by atoms with Gasteiger partial charge in [0.15, 0.2) is 0 Å². The van der Waals surface area contributed by atoms with Crippen LogP contribution in [-0.4, -0.2) is 151 Å². The first-order chi connectivity index (χ1) is 13.9. The van der Waals surface area contributed by atoms with Crippen molar-refractivity contribution in [2.75, 3.05) is 121 Å². The molecule has 0 radical (unpaired) electrons. The van der Waals surface area contributed by atoms with E-state index in [1.807, 2.05) is 6.92 Å². The fraction of sp³-hybridized carbons (Fsp3) is 1.00. The van der Waals surface area contributed by atoms with Gasteiger partial charge in [-0.2, -0.15) is 0 Å². The molecular formula is C21H52N4O4. The highest BCUT2D eigenvalue weighted by atomic mass is 16.5. The molecule has 0 aromatic heterocycles. The Labute approximate surface area is 181 Å². The van der Waals surface area contributed by atoms with Crippen molar-refractivity contribution in [2.45, 2.75) is 20.3 Å². The molecule has 0 aromatic rings. The molecular weight excluding hydrogens is 372 g/mol. The van der Waals surface area contributed by atoms with Crippen LogP contribution in [-0.2, 0) is 9.47 Å². The smallest absolute Gasteiger partial charge is 0.0593 e. The van der Waals surface area contributed by atoms with Gasteiger partial charge < -0.3 is 39.3 Å². The number of hydrogen-bond acceptors (Lipinski definition) is 8. The molecule has 0 bridgehead atoms. The van der Waals surface area contributed by atoms with Crippen LogP contribution in [0, 0.1) is 0 Å². The second kappa shape index (κ2) is 27.7. The van der Waals surface area contributed by atoms with Gasteiger partial charge in [-0.05, 0) is 48.1 Å². The highest BCUT2D eigenvalue weighted by molar-refractivity contribution is 4.58. The van der Waals surface area contributed by atoms with Gasteiger partial charge >= 0.3 is 0 Å². The third kappa shape index (κ3) is 30.0. The Hall–Kier alpha value is -0.320. The van der Waals surface area contributed by atoms with E-state index in [0.29, 0.717) is 0 Å². The Balaban J connectivity index is -0.000000994. The van der Waals surface area contributed by atoms with Gasteiger partial charge in [-0.25, -0.2) is 0 Å². The van der Waals surface area contributed by atoms with E-state index in [0.717, 1.165) is 85.7 Å². The molecule has 0 unspecified atom stereocenters. The van der Waals surface area contributed by atoms with E-state index in [1.165, 1.54) is 0 Å². The first-order valence-electron chi connectivity index (χ1n) is 10.8. The van der Waals surface area contributed by atoms with Crippen molar-refractivity contribution in [2.24, 2.45) is 0 Å². The predicted molar refractivity (Wildman–Crippen MR) is 124 cm³/mol. The molecule has 0 aliphatic heterocycles. The van der Waals surface area contributed by atoms with E-state index < -0.39 is 0 Å². The van der Waals surface area contributed by atoms with Crippen LogP contribution in [0.1, 0.15) is 20.3 Å². The van der Waals surface area contributed by atoms with E-state index in [-0.39, 0.29) is 6.61 Å². The number of hydrogen-bond donors (Lipinski definition) is 2. The number of aliphatic hydroxyl groups is 2. The molecule has 8 nitrogen and oxygen atoms in total. The maximum atomic E-state index is 8.81. The molecule has 0 rings (SSSR count). The zero-order valence-electron chi connectivity index (χ0n) is 20.7. The largest absolute Gasteiger partial charge is 0.400 e. The van der Waals surface area contributed by atoms with Gasteiger partial charge in [-0.3, -0.25) is 0 Å². The van der Waals surface area contributed by atoms with Crippen molar-refractivity contribution >= 4 is 0 Å². The lowest BCUT2D eigenvalue weighted by Gasteiger charge is -2.22. The highest BCUT2D eigenvalue weighted by Crippen LogP contribution is 1.91. The molecule has 29 heavy (non-hydrogen) atoms. The minimum absolute atomic E-state index is 0.275. The molecule has 0 spiro atoms. The van der Waals surface area contributed by atoms with Crippen LogP contribution in [0.5, 0.6) is 0 Å². The summed E-state index contributed by atoms with van der Waals surface area (Å²) in [5, 5.41) is 15.8. The summed E-state index contributed by atoms with van der Waals surface area (Å²) in [7, 11) is 11.2. The number of ether oxygens (including phenoxy) is 2. The van der Waals surface area contributed by atoms with Crippen LogP contribution in [0.4, 0.5) is 0 Å². The van der Waals surface area contributed by atoms with Crippen molar-refractivity contribution in [1.29, 1.82) is 0 Å². The summed E-state index contributed by atoms with van der Waals surface area (Å²) in [6, 6.07) is 0. The van der Waals surface area contributed by atoms with Crippen molar-refractivity contribution in [1.82, 2.24) is 19.6 Å². The minimum Gasteiger partial charge on any atom is -0.400 e. The molecule has 0 aliphatic carbocycles. The lowest BCUT2D eigenvalue weighted by molar-refractivity contribution is 0.0902. The van der Waals surface area contributed by atoms with Gasteiger partial charge in [0.05, 0.1) is 13.2 Å². The standard InChI is InChI=1S/C17H40N4O2.C3H8O.CH4O/c1-6-18(2)9-10-20(4)13-16-23-17-14-21(5)12-11-19(3)8-7-15-22;1-3-4-2;1-2/h22H,6-17H2,1-5H3;3H2,1-2H3;2H,1H3. The Morgan fingerprint density at radius 1 is 0.655 bits per heavy atom. The quantitative estimate of drug-likeness (QED) is 0.325. The SMILES string of the molecule is CCN(C)CCN(C)CCOCCN(C)CCN(C)CCCO.CCOC.CO. The van der Waals surface area contributed by atoms with Gasteiger partial charge in [-0.1, -0.05) is 6.92 Å². The number of aliphatic hydroxyl groups excluding tert-OH is 2. The molecule has 0 aliphatic rings. The molecule has 180 valence electrons. The summed E-state index contributed by atoms with van der Waals surface area (Å²) in [5.74, 6) is 0. The number of rotatable bonds is 17. The van der Waals surface area contributed by atoms with Crippen LogP contribution < -0.4 is 0 Å². The molecule has 0 aromatic carbocycles. The Morgan fingerprint density at radius 3 is 1.38 bits per heavy atom. The number of likely N-dealkylation sites (N-methyl/N-ethyl adjacent to an activating group) is 4. The third-order valence-corrected chi connectivity index (χ3v) is 4.49. The topological polar surface area (TPSA) is 71.9 Å². The van der Waals surface area contributed by atoms with E-state index in [4.69, 9.17) is 14.9 Å². The maximum Gasteiger partial charge on any atom is 0.0593 e. The van der Waals surface area contributed by atoms with Crippen molar-refractivity contribution in [3.63, 3.8) is 0 Å². The first kappa shape index (κ1) is 33.3. The highest BCUT2D eigenvalue weighted by Gasteiger charge is 2.03. The molecule has 0 saturated heterocycles. The predicted octanol–water partition coefficient (Wildman–Crippen LogP) is 0.394. The molecule has 0 atom stereocenters. The van der Waals surface area contributed by atoms with Gasteiger partial charge in [-0.15, -0.1) is 0 Å². The van der Waals surface area contributed by atoms with E-state index >= 15 is 0 Å². The minimum atomic E-state index is 0.275. The van der Waals surface area contributed by atoms with Gasteiger partial charge in [0.2, 0.25) is 0 Å². The molecule has 0 amide bonds. The molecule has 0 heterocycles. The van der Waals surface area contributed by atoms with Crippen LogP contribution in [0.15, 0.2) is 0 Å². The summed E-state index contributed by atoms with van der Waals surface area (Å²) in [5.41, 5.74) is 0. The van der Waals surface area contributed by atoms with Crippen molar-refractivity contribution in [3.05, 3.63) is 0 Å². The first-order valence-corrected chi connectivity index (χ1v) is 10.8. The lowest BCUT2D eigenvalue weighted by Crippen LogP contribution is -2.34. The summed E-state index contributed by atoms with van der Waals surface area (Å²) in [6.45, 7) is 15.1. The second-order valence-electron chi connectivity index (χ2n) is 7.07. The number of methoxy groups -OCH3 is 1. The average molecular weight is 425 g/mol. The summed E-state index contributed by atoms with van der Waals surface area (Å²) >= 11 is 0. The summed E-state index contributed by atoms with van der Waals surface area (Å²) in [4.78, 5) is 9.21. The van der Waals surface area contributed by atoms with Gasteiger partial charge in [0, 0.05) is 73.2 Å². The second-order valence-corrected chi connectivity index (χ2v) is 7.07. The third-order valence-electron chi connectivity index (χ3n) is 4.49. The summed E-state index contributed by atoms with van der Waals surface area (Å²) in [6.07, 6.45) is 0.852. The molecule has 2 N–H and O–H groups in total. The fourth-order valence-corrected chi connectivity index (χ4v) is 2.06. The van der Waals surface area contributed by atoms with Crippen LogP contribution in [0.3, 0.4) is 0 Å². The lowest BCUT2D eigenvalue weighted by atomic mass is 10.4. The molecule has 8 heteroatoms. The van der Waals surface area contributed by atoms with Gasteiger partial charge in [0.25, 0.3) is 0 Å². The molecule has 0 fully saturated rings. The monoisotopic (exact) mass is 424 g/mol. The van der Waals surface area contributed by atoms with E-state index in [2.05, 4.69) is 59.5 Å². The average Bonchev–Trinajstić information content (AvgIpc) is 2.75. The van der Waals surface area contributed by atoms with E-state index in [9.17, 15) is 0 Å². The van der Waals surface area contributed by atoms with Crippen LogP contribution in [0.25, 0.3) is 0 Å². The van der Waals surface area contributed by atoms with Crippen molar-refractivity contribution < 1.29 is 19.7 Å². The normalized spacial score (nSPS) is 11.0. The molecule has 0 saturated carbocycles. The fourth-order valence-electron chi connectivity index (χ4n) is 2.06. The Morgan fingerprint density at radius 2 is 1.03 bits per heavy atom.